The van der Waals surface area contributed by atoms with E-state index in [0.29, 0.717) is 90.4 Å². The van der Waals surface area contributed by atoms with E-state index in [-0.39, 0.29) is 29.9 Å². The molecule has 0 saturated carbocycles. The molecule has 10 rings (SSSR count). The van der Waals surface area contributed by atoms with Crippen LogP contribution in [0, 0.1) is 5.82 Å². The van der Waals surface area contributed by atoms with Crippen LogP contribution >= 0.6 is 11.6 Å². The number of aromatic amines is 1. The molecule has 3 atom stereocenters. The summed E-state index contributed by atoms with van der Waals surface area (Å²) in [5, 5.41) is 18.0. The molecule has 46 heavy (non-hydrogen) atoms. The third kappa shape index (κ3) is 4.52. The second-order valence-electron chi connectivity index (χ2n) is 12.7. The molecule has 4 aromatic heterocycles. The van der Waals surface area contributed by atoms with Gasteiger partial charge >= 0.3 is 6.01 Å². The number of halogens is 3. The average molecular weight is 649 g/mol. The van der Waals surface area contributed by atoms with Gasteiger partial charge in [-0.2, -0.15) is 30.1 Å². The topological polar surface area (TPSA) is 123 Å². The highest BCUT2D eigenvalue weighted by Gasteiger charge is 2.49. The summed E-state index contributed by atoms with van der Waals surface area (Å²) in [5.41, 5.74) is 2.49. The number of rotatable bonds is 3. The SMILES string of the molecule is Fc1c2ncc3c(nc(OC[C@@]45CCCN4C[C@H](F)C5)nc13)N1CCOC(C1)c1cnn(n1)CCCc1c(Cl)cc3[nH]ncc3c1-2. The van der Waals surface area contributed by atoms with Crippen molar-refractivity contribution in [2.75, 3.05) is 44.3 Å². The van der Waals surface area contributed by atoms with E-state index in [9.17, 15) is 4.39 Å². The van der Waals surface area contributed by atoms with Gasteiger partial charge in [0.15, 0.2) is 5.82 Å². The molecule has 5 aliphatic rings. The highest BCUT2D eigenvalue weighted by atomic mass is 35.5. The predicted molar refractivity (Wildman–Crippen MR) is 165 cm³/mol. The van der Waals surface area contributed by atoms with Crippen LogP contribution in [-0.2, 0) is 17.7 Å². The first-order chi connectivity index (χ1) is 22.5. The van der Waals surface area contributed by atoms with Gasteiger partial charge in [-0.25, -0.2) is 8.78 Å². The molecule has 1 aromatic carbocycles. The number of ether oxygens (including phenoxy) is 2. The molecule has 1 unspecified atom stereocenters. The van der Waals surface area contributed by atoms with Gasteiger partial charge in [0.05, 0.1) is 48.5 Å². The lowest BCUT2D eigenvalue weighted by molar-refractivity contribution is 0.0363. The molecule has 238 valence electrons. The van der Waals surface area contributed by atoms with Crippen molar-refractivity contribution in [2.24, 2.45) is 0 Å². The Bertz CT molecular complexity index is 1990. The number of aromatic nitrogens is 8. The minimum atomic E-state index is -0.898. The van der Waals surface area contributed by atoms with Crippen molar-refractivity contribution in [2.45, 2.75) is 56.5 Å². The van der Waals surface area contributed by atoms with Crippen LogP contribution < -0.4 is 9.64 Å². The lowest BCUT2D eigenvalue weighted by Crippen LogP contribution is -2.43. The molecule has 0 aliphatic carbocycles. The van der Waals surface area contributed by atoms with Gasteiger partial charge < -0.3 is 14.4 Å². The number of H-pyrrole nitrogens is 1. The van der Waals surface area contributed by atoms with Gasteiger partial charge in [0.1, 0.15) is 41.6 Å². The fourth-order valence-corrected chi connectivity index (χ4v) is 8.05. The van der Waals surface area contributed by atoms with Gasteiger partial charge in [-0.15, -0.1) is 0 Å². The molecule has 3 saturated heterocycles. The summed E-state index contributed by atoms with van der Waals surface area (Å²) in [4.78, 5) is 20.0. The molecule has 5 aliphatic heterocycles. The quantitative estimate of drug-likeness (QED) is 0.301. The highest BCUT2D eigenvalue weighted by Crippen LogP contribution is 2.42. The van der Waals surface area contributed by atoms with Crippen LogP contribution in [0.3, 0.4) is 0 Å². The normalized spacial score (nSPS) is 24.7. The number of hydrogen-bond acceptors (Lipinski definition) is 10. The number of aryl methyl sites for hydroxylation is 1. The van der Waals surface area contributed by atoms with Gasteiger partial charge in [-0.05, 0) is 43.9 Å². The van der Waals surface area contributed by atoms with Crippen molar-refractivity contribution in [1.29, 1.82) is 0 Å². The monoisotopic (exact) mass is 648 g/mol. The highest BCUT2D eigenvalue weighted by molar-refractivity contribution is 6.33. The van der Waals surface area contributed by atoms with Crippen LogP contribution in [0.25, 0.3) is 33.1 Å². The average Bonchev–Trinajstić information content (AvgIpc) is 3.85. The van der Waals surface area contributed by atoms with E-state index in [1.165, 1.54) is 0 Å². The van der Waals surface area contributed by atoms with Crippen molar-refractivity contribution < 1.29 is 18.3 Å². The summed E-state index contributed by atoms with van der Waals surface area (Å²) >= 11 is 6.84. The summed E-state index contributed by atoms with van der Waals surface area (Å²) in [7, 11) is 0. The minimum Gasteiger partial charge on any atom is -0.461 e. The van der Waals surface area contributed by atoms with E-state index in [0.717, 1.165) is 24.9 Å². The zero-order valence-corrected chi connectivity index (χ0v) is 25.7. The van der Waals surface area contributed by atoms with E-state index in [2.05, 4.69) is 25.2 Å². The van der Waals surface area contributed by atoms with Gasteiger partial charge in [0.2, 0.25) is 0 Å². The number of nitrogens with zero attached hydrogens (tertiary/aromatic N) is 9. The largest absolute Gasteiger partial charge is 0.461 e. The first kappa shape index (κ1) is 28.2. The fraction of sp³-hybridized carbons (Fsp3) is 0.484. The van der Waals surface area contributed by atoms with Crippen LogP contribution in [0.2, 0.25) is 5.02 Å². The molecular formula is C31H31ClF2N10O2. The molecule has 8 bridgehead atoms. The van der Waals surface area contributed by atoms with Gasteiger partial charge in [-0.1, -0.05) is 11.6 Å². The zero-order valence-electron chi connectivity index (χ0n) is 24.9. The van der Waals surface area contributed by atoms with Crippen LogP contribution in [0.5, 0.6) is 6.01 Å². The molecule has 5 aromatic rings. The molecule has 9 heterocycles. The molecular weight excluding hydrogens is 618 g/mol. The molecule has 0 radical (unpaired) electrons. The lowest BCUT2D eigenvalue weighted by atomic mass is 9.95. The van der Waals surface area contributed by atoms with E-state index in [1.54, 1.807) is 29.5 Å². The first-order valence-corrected chi connectivity index (χ1v) is 16.1. The summed E-state index contributed by atoms with van der Waals surface area (Å²) in [5.74, 6) is -0.114. The van der Waals surface area contributed by atoms with Crippen molar-refractivity contribution >= 4 is 39.2 Å². The van der Waals surface area contributed by atoms with Crippen molar-refractivity contribution in [3.8, 4) is 17.3 Å². The Morgan fingerprint density at radius 2 is 2.04 bits per heavy atom. The van der Waals surface area contributed by atoms with E-state index >= 15 is 4.39 Å². The van der Waals surface area contributed by atoms with E-state index < -0.39 is 17.5 Å². The summed E-state index contributed by atoms with van der Waals surface area (Å²) < 4.78 is 43.9. The predicted octanol–water partition coefficient (Wildman–Crippen LogP) is 4.43. The van der Waals surface area contributed by atoms with Crippen LogP contribution in [0.4, 0.5) is 14.6 Å². The first-order valence-electron chi connectivity index (χ1n) is 15.8. The van der Waals surface area contributed by atoms with Crippen molar-refractivity contribution in [3.05, 3.63) is 46.8 Å². The molecule has 1 N–H and O–H groups in total. The van der Waals surface area contributed by atoms with Crippen LogP contribution in [0.1, 0.15) is 43.0 Å². The fourth-order valence-electron chi connectivity index (χ4n) is 7.75. The third-order valence-corrected chi connectivity index (χ3v) is 10.3. The number of anilines is 1. The summed E-state index contributed by atoms with van der Waals surface area (Å²) in [6.45, 7) is 3.34. The number of alkyl halides is 1. The standard InChI is InChI=1S/C31H31ClF2N10O2/c32-21-9-22-19(12-36-40-22)25-18(21)3-1-6-44-37-13-23(41-44)24-15-42(7-8-45-24)29-20-11-35-28(25)26(34)27(20)38-30(39-29)46-16-31-4-2-5-43(31)14-17(33)10-31/h9,11-13,17,24H,1-8,10,14-16H2,(H,36,40)/t17-,24?,31+/m1/s1. The van der Waals surface area contributed by atoms with Gasteiger partial charge in [-0.3, -0.25) is 15.0 Å². The zero-order chi connectivity index (χ0) is 31.0. The maximum Gasteiger partial charge on any atom is 0.319 e. The van der Waals surface area contributed by atoms with Crippen LogP contribution in [-0.4, -0.2) is 96.1 Å². The number of morpholine rings is 1. The Hall–Kier alpha value is -4.01. The molecule has 0 spiro atoms. The smallest absolute Gasteiger partial charge is 0.319 e. The Labute approximate surface area is 267 Å². The summed E-state index contributed by atoms with van der Waals surface area (Å²) in [6.07, 6.45) is 7.15. The second kappa shape index (κ2) is 10.8. The van der Waals surface area contributed by atoms with Gasteiger partial charge in [0.25, 0.3) is 0 Å². The van der Waals surface area contributed by atoms with Crippen LogP contribution in [0.15, 0.2) is 24.7 Å². The Morgan fingerprint density at radius 3 is 2.98 bits per heavy atom. The van der Waals surface area contributed by atoms with Crippen molar-refractivity contribution in [1.82, 2.24) is 45.0 Å². The summed E-state index contributed by atoms with van der Waals surface area (Å²) in [6, 6.07) is 1.84. The van der Waals surface area contributed by atoms with Gasteiger partial charge in [0, 0.05) is 41.7 Å². The Balaban J connectivity index is 1.23. The minimum absolute atomic E-state index is 0.0389. The molecule has 15 heteroatoms. The maximum absolute atomic E-state index is 17.0. The molecule has 0 amide bonds. The number of fused-ring (bicyclic) bond motifs is 5. The third-order valence-electron chi connectivity index (χ3n) is 9.95. The number of pyridine rings is 1. The van der Waals surface area contributed by atoms with E-state index in [4.69, 9.17) is 36.1 Å². The molecule has 3 fully saturated rings. The second-order valence-corrected chi connectivity index (χ2v) is 13.1. The maximum atomic E-state index is 17.0. The Morgan fingerprint density at radius 1 is 1.11 bits per heavy atom. The Kier molecular flexibility index (Phi) is 6.61. The molecule has 12 nitrogen and oxygen atoms in total. The van der Waals surface area contributed by atoms with Crippen molar-refractivity contribution in [3.63, 3.8) is 0 Å². The number of hydrogen-bond donors (Lipinski definition) is 1. The number of benzene rings is 1. The lowest BCUT2D eigenvalue weighted by Gasteiger charge is -2.34. The number of nitrogens with one attached hydrogen (secondary N) is 1. The van der Waals surface area contributed by atoms with E-state index in [1.807, 2.05) is 4.90 Å².